The zero-order valence-electron chi connectivity index (χ0n) is 7.60. The van der Waals surface area contributed by atoms with Gasteiger partial charge in [0.25, 0.3) is 0 Å². The van der Waals surface area contributed by atoms with Crippen LogP contribution in [0, 0.1) is 5.92 Å². The Morgan fingerprint density at radius 3 is 2.73 bits per heavy atom. The first kappa shape index (κ1) is 9.40. The molecule has 1 saturated carbocycles. The van der Waals surface area contributed by atoms with E-state index in [1.54, 1.807) is 0 Å². The van der Waals surface area contributed by atoms with Gasteiger partial charge in [0.05, 0.1) is 0 Å². The summed E-state index contributed by atoms with van der Waals surface area (Å²) in [6.07, 6.45) is 2.82. The molecule has 1 rings (SSSR count). The van der Waals surface area contributed by atoms with Crippen LogP contribution in [0.15, 0.2) is 0 Å². The van der Waals surface area contributed by atoms with Gasteiger partial charge in [-0.3, -0.25) is 0 Å². The summed E-state index contributed by atoms with van der Waals surface area (Å²) >= 11 is 2.07. The fourth-order valence-corrected chi connectivity index (χ4v) is 1.84. The minimum atomic E-state index is 0.848. The zero-order valence-corrected chi connectivity index (χ0v) is 8.41. The monoisotopic (exact) mass is 173 g/mol. The van der Waals surface area contributed by atoms with Crippen molar-refractivity contribution in [3.63, 3.8) is 0 Å². The average Bonchev–Trinajstić information content (AvgIpc) is 2.70. The van der Waals surface area contributed by atoms with Crippen LogP contribution in [0.2, 0.25) is 0 Å². The minimum Gasteiger partial charge on any atom is -0.313 e. The van der Waals surface area contributed by atoms with E-state index in [1.807, 2.05) is 0 Å². The molecular formula is C9H19NS. The molecule has 2 heteroatoms. The molecule has 0 heterocycles. The van der Waals surface area contributed by atoms with Gasteiger partial charge in [-0.15, -0.1) is 0 Å². The Kier molecular flexibility index (Phi) is 4.31. The van der Waals surface area contributed by atoms with E-state index >= 15 is 0 Å². The maximum atomic E-state index is 3.51. The lowest BCUT2D eigenvalue weighted by atomic mass is 10.3. The predicted molar refractivity (Wildman–Crippen MR) is 53.2 cm³/mol. The number of hydrogen-bond acceptors (Lipinski definition) is 2. The summed E-state index contributed by atoms with van der Waals surface area (Å²) in [4.78, 5) is 0. The second kappa shape index (κ2) is 5.04. The Morgan fingerprint density at radius 2 is 2.18 bits per heavy atom. The highest BCUT2D eigenvalue weighted by Crippen LogP contribution is 2.18. The van der Waals surface area contributed by atoms with Crippen molar-refractivity contribution in [3.05, 3.63) is 0 Å². The van der Waals surface area contributed by atoms with E-state index in [1.165, 1.54) is 30.9 Å². The summed E-state index contributed by atoms with van der Waals surface area (Å²) in [6, 6.07) is 0.884. The third kappa shape index (κ3) is 5.57. The van der Waals surface area contributed by atoms with E-state index in [4.69, 9.17) is 0 Å². The van der Waals surface area contributed by atoms with Crippen molar-refractivity contribution in [2.75, 3.05) is 18.1 Å². The summed E-state index contributed by atoms with van der Waals surface area (Å²) in [5.41, 5.74) is 0. The van der Waals surface area contributed by atoms with Crippen LogP contribution in [-0.4, -0.2) is 24.1 Å². The zero-order chi connectivity index (χ0) is 8.10. The van der Waals surface area contributed by atoms with Crippen LogP contribution in [-0.2, 0) is 0 Å². The predicted octanol–water partition coefficient (Wildman–Crippen LogP) is 2.13. The molecule has 0 radical (unpaired) electrons. The molecule has 0 spiro atoms. The van der Waals surface area contributed by atoms with E-state index < -0.39 is 0 Å². The third-order valence-corrected chi connectivity index (χ3v) is 3.10. The Morgan fingerprint density at radius 1 is 1.45 bits per heavy atom. The highest BCUT2D eigenvalue weighted by Gasteiger charge is 2.19. The molecule has 11 heavy (non-hydrogen) atoms. The van der Waals surface area contributed by atoms with Crippen molar-refractivity contribution < 1.29 is 0 Å². The Bertz CT molecular complexity index is 95.7. The molecule has 0 atom stereocenters. The standard InChI is InChI=1S/C9H19NS/c1-8(2)7-11-6-5-10-9-3-4-9/h8-10H,3-7H2,1-2H3. The molecule has 0 aliphatic heterocycles. The maximum Gasteiger partial charge on any atom is 0.00685 e. The second-order valence-corrected chi connectivity index (χ2v) is 4.85. The van der Waals surface area contributed by atoms with Gasteiger partial charge in [0.1, 0.15) is 0 Å². The first-order valence-corrected chi connectivity index (χ1v) is 5.75. The van der Waals surface area contributed by atoms with E-state index in [0.717, 1.165) is 12.0 Å². The second-order valence-electron chi connectivity index (χ2n) is 3.70. The first-order chi connectivity index (χ1) is 5.29. The fraction of sp³-hybridized carbons (Fsp3) is 1.00. The molecule has 1 aliphatic carbocycles. The van der Waals surface area contributed by atoms with Gasteiger partial charge in [0, 0.05) is 18.3 Å². The SMILES string of the molecule is CC(C)CSCCNC1CC1. The first-order valence-electron chi connectivity index (χ1n) is 4.60. The van der Waals surface area contributed by atoms with Crippen molar-refractivity contribution in [2.45, 2.75) is 32.7 Å². The third-order valence-electron chi connectivity index (χ3n) is 1.71. The average molecular weight is 173 g/mol. The van der Waals surface area contributed by atoms with Crippen molar-refractivity contribution in [2.24, 2.45) is 5.92 Å². The molecule has 0 amide bonds. The number of thioether (sulfide) groups is 1. The van der Waals surface area contributed by atoms with Crippen LogP contribution in [0.3, 0.4) is 0 Å². The fourth-order valence-electron chi connectivity index (χ4n) is 0.942. The molecule has 0 saturated heterocycles. The lowest BCUT2D eigenvalue weighted by Crippen LogP contribution is -2.19. The smallest absolute Gasteiger partial charge is 0.00685 e. The van der Waals surface area contributed by atoms with Crippen LogP contribution in [0.4, 0.5) is 0 Å². The van der Waals surface area contributed by atoms with Gasteiger partial charge < -0.3 is 5.32 Å². The van der Waals surface area contributed by atoms with Gasteiger partial charge in [0.15, 0.2) is 0 Å². The quantitative estimate of drug-likeness (QED) is 0.618. The largest absolute Gasteiger partial charge is 0.313 e. The summed E-state index contributed by atoms with van der Waals surface area (Å²) in [5, 5.41) is 3.51. The number of rotatable bonds is 6. The van der Waals surface area contributed by atoms with Gasteiger partial charge in [-0.2, -0.15) is 11.8 Å². The van der Waals surface area contributed by atoms with Gasteiger partial charge in [-0.25, -0.2) is 0 Å². The van der Waals surface area contributed by atoms with Gasteiger partial charge in [-0.05, 0) is 24.5 Å². The van der Waals surface area contributed by atoms with Crippen molar-refractivity contribution in [1.82, 2.24) is 5.32 Å². The molecule has 66 valence electrons. The van der Waals surface area contributed by atoms with Crippen molar-refractivity contribution in [3.8, 4) is 0 Å². The molecule has 0 bridgehead atoms. The van der Waals surface area contributed by atoms with Gasteiger partial charge in [0.2, 0.25) is 0 Å². The molecule has 1 aliphatic rings. The molecule has 0 aromatic heterocycles. The van der Waals surface area contributed by atoms with Gasteiger partial charge >= 0.3 is 0 Å². The van der Waals surface area contributed by atoms with E-state index in [2.05, 4.69) is 30.9 Å². The topological polar surface area (TPSA) is 12.0 Å². The molecule has 1 fully saturated rings. The normalized spacial score (nSPS) is 17.7. The summed E-state index contributed by atoms with van der Waals surface area (Å²) in [6.45, 7) is 5.77. The number of hydrogen-bond donors (Lipinski definition) is 1. The molecule has 0 aromatic carbocycles. The summed E-state index contributed by atoms with van der Waals surface area (Å²) in [5.74, 6) is 3.45. The molecule has 1 nitrogen and oxygen atoms in total. The lowest BCUT2D eigenvalue weighted by Gasteiger charge is -2.04. The van der Waals surface area contributed by atoms with Crippen molar-refractivity contribution in [1.29, 1.82) is 0 Å². The van der Waals surface area contributed by atoms with Gasteiger partial charge in [-0.1, -0.05) is 13.8 Å². The molecule has 1 N–H and O–H groups in total. The molecule has 0 aromatic rings. The van der Waals surface area contributed by atoms with Crippen LogP contribution in [0.5, 0.6) is 0 Å². The lowest BCUT2D eigenvalue weighted by molar-refractivity contribution is 0.721. The van der Waals surface area contributed by atoms with E-state index in [-0.39, 0.29) is 0 Å². The highest BCUT2D eigenvalue weighted by molar-refractivity contribution is 7.99. The Labute approximate surface area is 74.3 Å². The number of nitrogens with one attached hydrogen (secondary N) is 1. The Hall–Kier alpha value is 0.310. The van der Waals surface area contributed by atoms with E-state index in [0.29, 0.717) is 0 Å². The molecular weight excluding hydrogens is 154 g/mol. The minimum absolute atomic E-state index is 0.848. The maximum absolute atomic E-state index is 3.51. The van der Waals surface area contributed by atoms with Crippen LogP contribution < -0.4 is 5.32 Å². The van der Waals surface area contributed by atoms with E-state index in [9.17, 15) is 0 Å². The van der Waals surface area contributed by atoms with Crippen LogP contribution in [0.25, 0.3) is 0 Å². The molecule has 0 unspecified atom stereocenters. The summed E-state index contributed by atoms with van der Waals surface area (Å²) < 4.78 is 0. The summed E-state index contributed by atoms with van der Waals surface area (Å²) in [7, 11) is 0. The highest BCUT2D eigenvalue weighted by atomic mass is 32.2. The van der Waals surface area contributed by atoms with Crippen LogP contribution >= 0.6 is 11.8 Å². The Balaban J connectivity index is 1.73. The van der Waals surface area contributed by atoms with Crippen molar-refractivity contribution >= 4 is 11.8 Å². The van der Waals surface area contributed by atoms with Crippen LogP contribution in [0.1, 0.15) is 26.7 Å².